The molecule has 4 heteroatoms. The second kappa shape index (κ2) is 6.57. The van der Waals surface area contributed by atoms with Gasteiger partial charge in [0.15, 0.2) is 0 Å². The number of aromatic nitrogens is 2. The first-order valence-electron chi connectivity index (χ1n) is 7.29. The molecule has 1 N–H and O–H groups in total. The van der Waals surface area contributed by atoms with Gasteiger partial charge in [-0.05, 0) is 31.4 Å². The first kappa shape index (κ1) is 15.3. The fraction of sp³-hybridized carbons (Fsp3) is 0.412. The first-order valence-corrected chi connectivity index (χ1v) is 7.29. The number of rotatable bonds is 6. The summed E-state index contributed by atoms with van der Waals surface area (Å²) in [7, 11) is 1.88. The highest BCUT2D eigenvalue weighted by Crippen LogP contribution is 2.17. The summed E-state index contributed by atoms with van der Waals surface area (Å²) in [5.41, 5.74) is 4.21. The van der Waals surface area contributed by atoms with Crippen LogP contribution in [0.2, 0.25) is 0 Å². The lowest BCUT2D eigenvalue weighted by atomic mass is 9.94. The van der Waals surface area contributed by atoms with E-state index in [0.717, 1.165) is 28.9 Å². The molecule has 112 valence electrons. The fourth-order valence-corrected chi connectivity index (χ4v) is 2.56. The zero-order valence-electron chi connectivity index (χ0n) is 12.8. The molecule has 0 saturated heterocycles. The maximum Gasteiger partial charge on any atom is 0.307 e. The van der Waals surface area contributed by atoms with Crippen LogP contribution in [0.4, 0.5) is 0 Å². The van der Waals surface area contributed by atoms with E-state index < -0.39 is 11.9 Å². The standard InChI is InChI=1S/C17H22N2O2/c1-4-15-11-16(19(3)18-15)10-14(17(20)21)9-13-7-5-6-12(2)8-13/h5-8,11,14H,4,9-10H2,1-3H3,(H,20,21). The maximum atomic E-state index is 11.6. The van der Waals surface area contributed by atoms with Crippen molar-refractivity contribution in [1.82, 2.24) is 9.78 Å². The van der Waals surface area contributed by atoms with Gasteiger partial charge in [0.25, 0.3) is 0 Å². The molecule has 1 heterocycles. The summed E-state index contributed by atoms with van der Waals surface area (Å²) in [6, 6.07) is 10.0. The Bertz CT molecular complexity index is 631. The predicted octanol–water partition coefficient (Wildman–Crippen LogP) is 2.78. The molecule has 0 radical (unpaired) electrons. The average Bonchev–Trinajstić information content (AvgIpc) is 2.78. The monoisotopic (exact) mass is 286 g/mol. The van der Waals surface area contributed by atoms with Crippen LogP contribution in [-0.2, 0) is 31.1 Å². The molecule has 0 aliphatic carbocycles. The van der Waals surface area contributed by atoms with Gasteiger partial charge in [-0.3, -0.25) is 9.48 Å². The Morgan fingerprint density at radius 2 is 2.10 bits per heavy atom. The number of hydrogen-bond donors (Lipinski definition) is 1. The maximum absolute atomic E-state index is 11.6. The summed E-state index contributed by atoms with van der Waals surface area (Å²) in [5.74, 6) is -1.18. The SMILES string of the molecule is CCc1cc(CC(Cc2cccc(C)c2)C(=O)O)n(C)n1. The third-order valence-corrected chi connectivity index (χ3v) is 3.76. The Morgan fingerprint density at radius 1 is 1.33 bits per heavy atom. The molecule has 2 rings (SSSR count). The van der Waals surface area contributed by atoms with E-state index in [1.54, 1.807) is 4.68 Å². The van der Waals surface area contributed by atoms with Gasteiger partial charge < -0.3 is 5.11 Å². The van der Waals surface area contributed by atoms with Gasteiger partial charge in [0, 0.05) is 19.2 Å². The van der Waals surface area contributed by atoms with E-state index >= 15 is 0 Å². The average molecular weight is 286 g/mol. The van der Waals surface area contributed by atoms with E-state index in [-0.39, 0.29) is 0 Å². The molecule has 0 aliphatic heterocycles. The van der Waals surface area contributed by atoms with Crippen molar-refractivity contribution in [3.8, 4) is 0 Å². The van der Waals surface area contributed by atoms with E-state index in [4.69, 9.17) is 0 Å². The van der Waals surface area contributed by atoms with Crippen LogP contribution in [-0.4, -0.2) is 20.9 Å². The van der Waals surface area contributed by atoms with Crippen molar-refractivity contribution in [1.29, 1.82) is 0 Å². The minimum atomic E-state index is -0.754. The van der Waals surface area contributed by atoms with Crippen LogP contribution in [0.25, 0.3) is 0 Å². The zero-order chi connectivity index (χ0) is 15.4. The molecule has 1 atom stereocenters. The molecular weight excluding hydrogens is 264 g/mol. The number of nitrogens with zero attached hydrogens (tertiary/aromatic N) is 2. The van der Waals surface area contributed by atoms with E-state index in [9.17, 15) is 9.90 Å². The predicted molar refractivity (Wildman–Crippen MR) is 82.3 cm³/mol. The van der Waals surface area contributed by atoms with Crippen molar-refractivity contribution in [2.24, 2.45) is 13.0 Å². The number of aliphatic carboxylic acids is 1. The first-order chi connectivity index (χ1) is 9.99. The molecule has 0 amide bonds. The lowest BCUT2D eigenvalue weighted by Crippen LogP contribution is -2.20. The summed E-state index contributed by atoms with van der Waals surface area (Å²) in [6.07, 6.45) is 1.92. The Kier molecular flexibility index (Phi) is 4.78. The van der Waals surface area contributed by atoms with E-state index in [1.165, 1.54) is 0 Å². The highest BCUT2D eigenvalue weighted by atomic mass is 16.4. The second-order valence-corrected chi connectivity index (χ2v) is 5.54. The van der Waals surface area contributed by atoms with Crippen LogP contribution in [0.3, 0.4) is 0 Å². The lowest BCUT2D eigenvalue weighted by molar-refractivity contribution is -0.141. The Hall–Kier alpha value is -2.10. The van der Waals surface area contributed by atoms with Crippen molar-refractivity contribution >= 4 is 5.97 Å². The van der Waals surface area contributed by atoms with Gasteiger partial charge in [-0.1, -0.05) is 36.8 Å². The van der Waals surface area contributed by atoms with Gasteiger partial charge in [-0.25, -0.2) is 0 Å². The van der Waals surface area contributed by atoms with Gasteiger partial charge in [0.05, 0.1) is 11.6 Å². The molecule has 1 unspecified atom stereocenters. The summed E-state index contributed by atoms with van der Waals surface area (Å²) in [4.78, 5) is 11.6. The highest BCUT2D eigenvalue weighted by molar-refractivity contribution is 5.70. The molecule has 4 nitrogen and oxygen atoms in total. The second-order valence-electron chi connectivity index (χ2n) is 5.54. The number of carboxylic acids is 1. The Labute approximate surface area is 125 Å². The van der Waals surface area contributed by atoms with Crippen molar-refractivity contribution in [3.63, 3.8) is 0 Å². The third kappa shape index (κ3) is 3.94. The number of carbonyl (C=O) groups is 1. The molecule has 21 heavy (non-hydrogen) atoms. The number of hydrogen-bond acceptors (Lipinski definition) is 2. The van der Waals surface area contributed by atoms with Gasteiger partial charge in [-0.2, -0.15) is 5.10 Å². The minimum Gasteiger partial charge on any atom is -0.481 e. The normalized spacial score (nSPS) is 12.3. The van der Waals surface area contributed by atoms with Crippen LogP contribution in [0.1, 0.15) is 29.4 Å². The van der Waals surface area contributed by atoms with E-state index in [2.05, 4.69) is 11.2 Å². The zero-order valence-corrected chi connectivity index (χ0v) is 12.8. The fourth-order valence-electron chi connectivity index (χ4n) is 2.56. The number of aryl methyl sites for hydroxylation is 3. The van der Waals surface area contributed by atoms with Crippen LogP contribution < -0.4 is 0 Å². The summed E-state index contributed by atoms with van der Waals surface area (Å²) in [6.45, 7) is 4.07. The molecular formula is C17H22N2O2. The van der Waals surface area contributed by atoms with Crippen molar-refractivity contribution < 1.29 is 9.90 Å². The molecule has 0 aliphatic rings. The van der Waals surface area contributed by atoms with Crippen LogP contribution in [0, 0.1) is 12.8 Å². The van der Waals surface area contributed by atoms with E-state index in [0.29, 0.717) is 12.8 Å². The lowest BCUT2D eigenvalue weighted by Gasteiger charge is -2.13. The van der Waals surface area contributed by atoms with Crippen LogP contribution >= 0.6 is 0 Å². The molecule has 2 aromatic rings. The minimum absolute atomic E-state index is 0.424. The van der Waals surface area contributed by atoms with Gasteiger partial charge >= 0.3 is 5.97 Å². The molecule has 0 fully saturated rings. The van der Waals surface area contributed by atoms with Crippen molar-refractivity contribution in [2.75, 3.05) is 0 Å². The van der Waals surface area contributed by atoms with Gasteiger partial charge in [0.1, 0.15) is 0 Å². The molecule has 1 aromatic heterocycles. The molecule has 0 saturated carbocycles. The van der Waals surface area contributed by atoms with Crippen LogP contribution in [0.5, 0.6) is 0 Å². The van der Waals surface area contributed by atoms with Crippen LogP contribution in [0.15, 0.2) is 30.3 Å². The largest absolute Gasteiger partial charge is 0.481 e. The summed E-state index contributed by atoms with van der Waals surface area (Å²) < 4.78 is 1.80. The number of benzene rings is 1. The summed E-state index contributed by atoms with van der Waals surface area (Å²) >= 11 is 0. The van der Waals surface area contributed by atoms with Gasteiger partial charge in [0.2, 0.25) is 0 Å². The Balaban J connectivity index is 2.15. The van der Waals surface area contributed by atoms with Gasteiger partial charge in [-0.15, -0.1) is 0 Å². The molecule has 0 spiro atoms. The third-order valence-electron chi connectivity index (χ3n) is 3.76. The summed E-state index contributed by atoms with van der Waals surface area (Å²) in [5, 5.41) is 13.9. The molecule has 1 aromatic carbocycles. The van der Waals surface area contributed by atoms with Crippen molar-refractivity contribution in [2.45, 2.75) is 33.1 Å². The highest BCUT2D eigenvalue weighted by Gasteiger charge is 2.20. The molecule has 0 bridgehead atoms. The Morgan fingerprint density at radius 3 is 2.67 bits per heavy atom. The smallest absolute Gasteiger partial charge is 0.307 e. The van der Waals surface area contributed by atoms with Crippen molar-refractivity contribution in [3.05, 3.63) is 52.8 Å². The number of carboxylic acid groups (broad SMARTS) is 1. The topological polar surface area (TPSA) is 55.1 Å². The quantitative estimate of drug-likeness (QED) is 0.888. The van der Waals surface area contributed by atoms with E-state index in [1.807, 2.05) is 45.2 Å².